The Bertz CT molecular complexity index is 1740. The van der Waals surface area contributed by atoms with Crippen molar-refractivity contribution >= 4 is 45.9 Å². The summed E-state index contributed by atoms with van der Waals surface area (Å²) in [6, 6.07) is 30.2. The molecule has 194 valence electrons. The first-order valence-corrected chi connectivity index (χ1v) is 14.3. The average molecular weight is 538 g/mol. The van der Waals surface area contributed by atoms with Gasteiger partial charge in [-0.15, -0.1) is 11.3 Å². The van der Waals surface area contributed by atoms with E-state index in [1.54, 1.807) is 41.7 Å². The summed E-state index contributed by atoms with van der Waals surface area (Å²) in [7, 11) is 0. The van der Waals surface area contributed by atoms with E-state index < -0.39 is 0 Å². The van der Waals surface area contributed by atoms with Gasteiger partial charge in [-0.25, -0.2) is 0 Å². The molecule has 0 amide bonds. The van der Waals surface area contributed by atoms with Crippen molar-refractivity contribution in [1.82, 2.24) is 0 Å². The number of ketones is 2. The fraction of sp³-hybridized carbons (Fsp3) is 0.111. The van der Waals surface area contributed by atoms with Crippen LogP contribution in [0.15, 0.2) is 126 Å². The molecule has 3 aliphatic rings. The Kier molecular flexibility index (Phi) is 5.69. The number of Topliss-reactive ketones (excluding diaryl/α,β-unsaturated/α-hetero) is 2. The van der Waals surface area contributed by atoms with E-state index >= 15 is 0 Å². The Morgan fingerprint density at radius 2 is 1.38 bits per heavy atom. The van der Waals surface area contributed by atoms with Gasteiger partial charge in [0.2, 0.25) is 0 Å². The van der Waals surface area contributed by atoms with Crippen molar-refractivity contribution in [1.29, 1.82) is 0 Å². The van der Waals surface area contributed by atoms with Crippen molar-refractivity contribution in [3.63, 3.8) is 0 Å². The Hall–Kier alpha value is -4.54. The summed E-state index contributed by atoms with van der Waals surface area (Å²) < 4.78 is 0. The van der Waals surface area contributed by atoms with Crippen LogP contribution in [0.5, 0.6) is 0 Å². The molecule has 7 rings (SSSR count). The number of allylic oxidation sites excluding steroid dienone is 6. The molecule has 0 fully saturated rings. The summed E-state index contributed by atoms with van der Waals surface area (Å²) in [5.41, 5.74) is 8.26. The van der Waals surface area contributed by atoms with Crippen molar-refractivity contribution in [3.05, 3.63) is 153 Å². The number of hydrogen-bond donors (Lipinski definition) is 0. The molecule has 0 saturated carbocycles. The van der Waals surface area contributed by atoms with E-state index in [-0.39, 0.29) is 22.6 Å². The molecule has 3 aliphatic carbocycles. The minimum absolute atomic E-state index is 0.180. The highest BCUT2D eigenvalue weighted by Crippen LogP contribution is 2.53. The lowest BCUT2D eigenvalue weighted by molar-refractivity contribution is 0.0990. The van der Waals surface area contributed by atoms with E-state index in [1.807, 2.05) is 12.1 Å². The molecule has 0 atom stereocenters. The number of thiophene rings is 1. The third-order valence-corrected chi connectivity index (χ3v) is 9.22. The van der Waals surface area contributed by atoms with Crippen LogP contribution in [0.1, 0.15) is 56.3 Å². The highest BCUT2D eigenvalue weighted by atomic mass is 32.1. The number of hydrogen-bond acceptors (Lipinski definition) is 4. The second kappa shape index (κ2) is 9.29. The summed E-state index contributed by atoms with van der Waals surface area (Å²) in [6.45, 7) is 4.54. The van der Waals surface area contributed by atoms with Crippen molar-refractivity contribution in [2.24, 2.45) is 0 Å². The zero-order chi connectivity index (χ0) is 27.4. The van der Waals surface area contributed by atoms with E-state index in [1.165, 1.54) is 21.6 Å². The first-order chi connectivity index (χ1) is 19.4. The number of nitrogens with zero attached hydrogens (tertiary/aromatic N) is 1. The minimum Gasteiger partial charge on any atom is -0.311 e. The molecule has 4 heteroatoms. The third kappa shape index (κ3) is 3.79. The molecule has 0 bridgehead atoms. The van der Waals surface area contributed by atoms with Gasteiger partial charge in [0.15, 0.2) is 11.6 Å². The predicted molar refractivity (Wildman–Crippen MR) is 164 cm³/mol. The van der Waals surface area contributed by atoms with Crippen LogP contribution in [-0.4, -0.2) is 11.6 Å². The predicted octanol–water partition coefficient (Wildman–Crippen LogP) is 8.94. The van der Waals surface area contributed by atoms with Crippen molar-refractivity contribution < 1.29 is 9.59 Å². The average Bonchev–Trinajstić information content (AvgIpc) is 3.48. The molecular weight excluding hydrogens is 510 g/mol. The maximum atomic E-state index is 13.0. The third-order valence-electron chi connectivity index (χ3n) is 8.08. The van der Waals surface area contributed by atoms with Crippen molar-refractivity contribution in [2.45, 2.75) is 25.7 Å². The number of fused-ring (bicyclic) bond motifs is 3. The zero-order valence-electron chi connectivity index (χ0n) is 22.3. The normalized spacial score (nSPS) is 16.9. The number of anilines is 2. The van der Waals surface area contributed by atoms with Crippen LogP contribution in [0.2, 0.25) is 0 Å². The topological polar surface area (TPSA) is 37.4 Å². The lowest BCUT2D eigenvalue weighted by atomic mass is 9.81. The van der Waals surface area contributed by atoms with Gasteiger partial charge in [0.05, 0.1) is 5.57 Å². The summed E-state index contributed by atoms with van der Waals surface area (Å²) in [5, 5.41) is 0. The summed E-state index contributed by atoms with van der Waals surface area (Å²) in [5.74, 6) is -0.361. The monoisotopic (exact) mass is 537 g/mol. The second-order valence-electron chi connectivity index (χ2n) is 10.9. The number of carbonyl (C=O) groups is 2. The van der Waals surface area contributed by atoms with Gasteiger partial charge in [-0.3, -0.25) is 9.59 Å². The Morgan fingerprint density at radius 3 is 1.98 bits per heavy atom. The number of carbonyl (C=O) groups excluding carboxylic acids is 2. The van der Waals surface area contributed by atoms with E-state index in [9.17, 15) is 9.59 Å². The van der Waals surface area contributed by atoms with E-state index in [2.05, 4.69) is 91.6 Å². The van der Waals surface area contributed by atoms with Gasteiger partial charge in [0.1, 0.15) is 0 Å². The van der Waals surface area contributed by atoms with Crippen molar-refractivity contribution in [2.75, 3.05) is 4.90 Å². The lowest BCUT2D eigenvalue weighted by Gasteiger charge is -2.28. The van der Waals surface area contributed by atoms with Gasteiger partial charge in [-0.2, -0.15) is 0 Å². The Labute approximate surface area is 238 Å². The molecular formula is C36H27NO2S. The molecule has 3 nitrogen and oxygen atoms in total. The van der Waals surface area contributed by atoms with E-state index in [0.717, 1.165) is 28.4 Å². The molecule has 0 spiro atoms. The maximum absolute atomic E-state index is 13.0. The Balaban J connectivity index is 1.31. The Morgan fingerprint density at radius 1 is 0.800 bits per heavy atom. The molecule has 1 aromatic heterocycles. The summed E-state index contributed by atoms with van der Waals surface area (Å²) >= 11 is 1.68. The van der Waals surface area contributed by atoms with Gasteiger partial charge in [-0.1, -0.05) is 80.6 Å². The maximum Gasteiger partial charge on any atom is 0.197 e. The van der Waals surface area contributed by atoms with Crippen LogP contribution >= 0.6 is 11.3 Å². The fourth-order valence-electron chi connectivity index (χ4n) is 6.06. The van der Waals surface area contributed by atoms with E-state index in [4.69, 9.17) is 0 Å². The van der Waals surface area contributed by atoms with Crippen LogP contribution < -0.4 is 4.90 Å². The molecule has 0 saturated heterocycles. The molecule has 0 unspecified atom stereocenters. The number of rotatable bonds is 4. The molecule has 0 N–H and O–H groups in total. The summed E-state index contributed by atoms with van der Waals surface area (Å²) in [6.07, 6.45) is 9.42. The van der Waals surface area contributed by atoms with Crippen molar-refractivity contribution in [3.8, 4) is 0 Å². The quantitative estimate of drug-likeness (QED) is 0.193. The molecule has 1 heterocycles. The van der Waals surface area contributed by atoms with Crippen LogP contribution in [0.25, 0.3) is 11.6 Å². The second-order valence-corrected chi connectivity index (χ2v) is 11.9. The minimum atomic E-state index is -0.221. The standard InChI is InChI=1S/C36H27NO2S/c1-36(2)31-20-25(37(23-12-5-3-6-13-23)24-14-7-4-8-15-24)16-11-19-29(31)35-32(36)22-26(40-35)21-30-33(38)27-17-9-10-18-28(27)34(30)39/h3-18,20-22H,19H2,1-2H3. The highest BCUT2D eigenvalue weighted by Gasteiger charge is 2.39. The van der Waals surface area contributed by atoms with Crippen LogP contribution in [-0.2, 0) is 5.41 Å². The van der Waals surface area contributed by atoms with Gasteiger partial charge in [0.25, 0.3) is 0 Å². The first-order valence-electron chi connectivity index (χ1n) is 13.5. The zero-order valence-corrected chi connectivity index (χ0v) is 23.2. The van der Waals surface area contributed by atoms with Crippen LogP contribution in [0.4, 0.5) is 11.4 Å². The molecule has 3 aromatic carbocycles. The molecule has 0 radical (unpaired) electrons. The lowest BCUT2D eigenvalue weighted by Crippen LogP contribution is -2.19. The van der Waals surface area contributed by atoms with Crippen LogP contribution in [0.3, 0.4) is 0 Å². The molecule has 40 heavy (non-hydrogen) atoms. The first kappa shape index (κ1) is 24.5. The fourth-order valence-corrected chi connectivity index (χ4v) is 7.39. The largest absolute Gasteiger partial charge is 0.311 e. The molecule has 4 aromatic rings. The number of benzene rings is 3. The van der Waals surface area contributed by atoms with Gasteiger partial charge >= 0.3 is 0 Å². The summed E-state index contributed by atoms with van der Waals surface area (Å²) in [4.78, 5) is 30.5. The smallest absolute Gasteiger partial charge is 0.197 e. The SMILES string of the molecule is CC1(C)C2=C(CC=CC(N(c3ccccc3)c3ccccc3)=C2)c2sc(C=C3C(=O)c4ccccc4C3=O)cc21. The van der Waals surface area contributed by atoms with Gasteiger partial charge in [-0.05, 0) is 71.7 Å². The van der Waals surface area contributed by atoms with Gasteiger partial charge < -0.3 is 4.90 Å². The van der Waals surface area contributed by atoms with E-state index in [0.29, 0.717) is 11.1 Å². The molecule has 0 aliphatic heterocycles. The van der Waals surface area contributed by atoms with Gasteiger partial charge in [0, 0.05) is 43.4 Å². The van der Waals surface area contributed by atoms with Crippen LogP contribution in [0, 0.1) is 0 Å². The number of para-hydroxylation sites is 2. The highest BCUT2D eigenvalue weighted by molar-refractivity contribution is 7.14.